The first kappa shape index (κ1) is 12.4. The minimum atomic E-state index is 0.203. The van der Waals surface area contributed by atoms with Gasteiger partial charge in [-0.05, 0) is 37.3 Å². The Morgan fingerprint density at radius 2 is 2.29 bits per heavy atom. The van der Waals surface area contributed by atoms with E-state index < -0.39 is 0 Å². The molecule has 1 atom stereocenters. The number of hydrogen-bond acceptors (Lipinski definition) is 5. The maximum Gasteiger partial charge on any atom is 0.224 e. The molecule has 0 bridgehead atoms. The number of aromatic nitrogens is 2. The first-order valence-electron chi connectivity index (χ1n) is 5.77. The average molecular weight is 257 g/mol. The largest absolute Gasteiger partial charge is 0.396 e. The summed E-state index contributed by atoms with van der Waals surface area (Å²) in [4.78, 5) is 10.3. The Morgan fingerprint density at radius 3 is 3.00 bits per heavy atom. The second kappa shape index (κ2) is 5.06. The number of aryl methyl sites for hydroxylation is 1. The summed E-state index contributed by atoms with van der Waals surface area (Å²) in [6.45, 7) is 3.69. The predicted molar refractivity (Wildman–Crippen MR) is 68.2 cm³/mol. The normalized spacial score (nSPS) is 20.6. The molecule has 1 unspecified atom stereocenters. The fourth-order valence-electron chi connectivity index (χ4n) is 2.18. The lowest BCUT2D eigenvalue weighted by Gasteiger charge is -2.33. The van der Waals surface area contributed by atoms with E-state index in [9.17, 15) is 5.11 Å². The van der Waals surface area contributed by atoms with Crippen LogP contribution in [0.2, 0.25) is 5.28 Å². The molecular weight excluding hydrogens is 240 g/mol. The first-order chi connectivity index (χ1) is 8.11. The molecule has 0 aromatic carbocycles. The van der Waals surface area contributed by atoms with Crippen LogP contribution >= 0.6 is 11.6 Å². The topological polar surface area (TPSA) is 75.3 Å². The van der Waals surface area contributed by atoms with Gasteiger partial charge in [0.05, 0.1) is 11.4 Å². The molecular formula is C11H17ClN4O. The zero-order chi connectivity index (χ0) is 12.4. The first-order valence-corrected chi connectivity index (χ1v) is 6.15. The molecule has 1 fully saturated rings. The van der Waals surface area contributed by atoms with Gasteiger partial charge in [-0.15, -0.1) is 0 Å². The van der Waals surface area contributed by atoms with Gasteiger partial charge < -0.3 is 15.7 Å². The number of hydrogen-bond donors (Lipinski definition) is 2. The maximum atomic E-state index is 9.22. The van der Waals surface area contributed by atoms with Crippen LogP contribution in [0, 0.1) is 12.8 Å². The SMILES string of the molecule is Cc1nc(Cl)nc(N2CCCC(CO)C2)c1N. The van der Waals surface area contributed by atoms with Crippen LogP contribution in [0.4, 0.5) is 11.5 Å². The van der Waals surface area contributed by atoms with E-state index in [1.165, 1.54) is 0 Å². The molecule has 1 aliphatic heterocycles. The van der Waals surface area contributed by atoms with Crippen molar-refractivity contribution in [3.8, 4) is 0 Å². The van der Waals surface area contributed by atoms with Crippen LogP contribution < -0.4 is 10.6 Å². The van der Waals surface area contributed by atoms with Crippen molar-refractivity contribution in [1.29, 1.82) is 0 Å². The Hall–Kier alpha value is -1.07. The fraction of sp³-hybridized carbons (Fsp3) is 0.636. The molecule has 2 rings (SSSR count). The Kier molecular flexibility index (Phi) is 3.69. The monoisotopic (exact) mass is 256 g/mol. The highest BCUT2D eigenvalue weighted by Gasteiger charge is 2.23. The quantitative estimate of drug-likeness (QED) is 0.779. The van der Waals surface area contributed by atoms with Gasteiger partial charge in [0.2, 0.25) is 5.28 Å². The minimum absolute atomic E-state index is 0.203. The molecule has 1 aromatic rings. The van der Waals surface area contributed by atoms with Crippen LogP contribution in [-0.2, 0) is 0 Å². The molecule has 1 aromatic heterocycles. The van der Waals surface area contributed by atoms with Gasteiger partial charge in [0, 0.05) is 19.7 Å². The molecule has 0 amide bonds. The van der Waals surface area contributed by atoms with Crippen LogP contribution in [0.25, 0.3) is 0 Å². The molecule has 17 heavy (non-hydrogen) atoms. The van der Waals surface area contributed by atoms with Crippen molar-refractivity contribution in [2.75, 3.05) is 30.3 Å². The zero-order valence-electron chi connectivity index (χ0n) is 9.86. The molecule has 1 aliphatic rings. The van der Waals surface area contributed by atoms with Crippen LogP contribution in [0.3, 0.4) is 0 Å². The van der Waals surface area contributed by atoms with E-state index in [4.69, 9.17) is 17.3 Å². The number of piperidine rings is 1. The lowest BCUT2D eigenvalue weighted by Crippen LogP contribution is -2.38. The lowest BCUT2D eigenvalue weighted by molar-refractivity contribution is 0.208. The number of rotatable bonds is 2. The smallest absolute Gasteiger partial charge is 0.224 e. The third-order valence-corrected chi connectivity index (χ3v) is 3.33. The van der Waals surface area contributed by atoms with E-state index in [0.29, 0.717) is 17.2 Å². The van der Waals surface area contributed by atoms with Crippen LogP contribution in [0.1, 0.15) is 18.5 Å². The summed E-state index contributed by atoms with van der Waals surface area (Å²) in [6.07, 6.45) is 2.08. The highest BCUT2D eigenvalue weighted by molar-refractivity contribution is 6.28. The standard InChI is InChI=1S/C11H17ClN4O/c1-7-9(13)10(15-11(12)14-7)16-4-2-3-8(5-16)6-17/h8,17H,2-6,13H2,1H3. The van der Waals surface area contributed by atoms with E-state index >= 15 is 0 Å². The van der Waals surface area contributed by atoms with Crippen molar-refractivity contribution >= 4 is 23.1 Å². The number of nitrogens with zero attached hydrogens (tertiary/aromatic N) is 3. The van der Waals surface area contributed by atoms with E-state index in [1.54, 1.807) is 0 Å². The summed E-state index contributed by atoms with van der Waals surface area (Å²) in [7, 11) is 0. The molecule has 1 saturated heterocycles. The number of aliphatic hydroxyl groups excluding tert-OH is 1. The average Bonchev–Trinajstić information content (AvgIpc) is 2.34. The molecule has 5 nitrogen and oxygen atoms in total. The molecule has 0 spiro atoms. The van der Waals surface area contributed by atoms with Crippen LogP contribution in [-0.4, -0.2) is 34.8 Å². The highest BCUT2D eigenvalue weighted by Crippen LogP contribution is 2.28. The van der Waals surface area contributed by atoms with E-state index in [0.717, 1.165) is 25.9 Å². The van der Waals surface area contributed by atoms with Gasteiger partial charge in [-0.1, -0.05) is 0 Å². The number of aliphatic hydroxyl groups is 1. The molecule has 0 saturated carbocycles. The second-order valence-electron chi connectivity index (χ2n) is 4.45. The fourth-order valence-corrected chi connectivity index (χ4v) is 2.39. The van der Waals surface area contributed by atoms with Gasteiger partial charge in [-0.3, -0.25) is 0 Å². The molecule has 2 heterocycles. The predicted octanol–water partition coefficient (Wildman–Crippen LogP) is 1.23. The maximum absolute atomic E-state index is 9.22. The lowest BCUT2D eigenvalue weighted by atomic mass is 9.99. The van der Waals surface area contributed by atoms with Crippen molar-refractivity contribution < 1.29 is 5.11 Å². The highest BCUT2D eigenvalue weighted by atomic mass is 35.5. The number of anilines is 2. The minimum Gasteiger partial charge on any atom is -0.396 e. The van der Waals surface area contributed by atoms with Crippen molar-refractivity contribution in [2.24, 2.45) is 5.92 Å². The summed E-state index contributed by atoms with van der Waals surface area (Å²) in [5.74, 6) is 0.984. The van der Waals surface area contributed by atoms with Crippen molar-refractivity contribution in [1.82, 2.24) is 9.97 Å². The summed E-state index contributed by atoms with van der Waals surface area (Å²) in [5, 5.41) is 9.44. The third kappa shape index (κ3) is 2.61. The summed E-state index contributed by atoms with van der Waals surface area (Å²) in [6, 6.07) is 0. The van der Waals surface area contributed by atoms with Gasteiger partial charge in [-0.2, -0.15) is 4.98 Å². The van der Waals surface area contributed by atoms with Crippen LogP contribution in [0.15, 0.2) is 0 Å². The Morgan fingerprint density at radius 1 is 1.53 bits per heavy atom. The Bertz CT molecular complexity index is 413. The van der Waals surface area contributed by atoms with Crippen LogP contribution in [0.5, 0.6) is 0 Å². The van der Waals surface area contributed by atoms with Gasteiger partial charge in [-0.25, -0.2) is 4.98 Å². The van der Waals surface area contributed by atoms with Gasteiger partial charge in [0.25, 0.3) is 0 Å². The molecule has 0 radical (unpaired) electrons. The van der Waals surface area contributed by atoms with Gasteiger partial charge in [0.15, 0.2) is 5.82 Å². The van der Waals surface area contributed by atoms with Gasteiger partial charge >= 0.3 is 0 Å². The number of halogens is 1. The van der Waals surface area contributed by atoms with E-state index in [1.807, 2.05) is 6.92 Å². The zero-order valence-corrected chi connectivity index (χ0v) is 10.6. The second-order valence-corrected chi connectivity index (χ2v) is 4.79. The third-order valence-electron chi connectivity index (χ3n) is 3.17. The van der Waals surface area contributed by atoms with E-state index in [-0.39, 0.29) is 17.8 Å². The number of nitrogens with two attached hydrogens (primary N) is 1. The van der Waals surface area contributed by atoms with E-state index in [2.05, 4.69) is 14.9 Å². The van der Waals surface area contributed by atoms with Crippen molar-refractivity contribution in [3.05, 3.63) is 11.0 Å². The van der Waals surface area contributed by atoms with Crippen molar-refractivity contribution in [3.63, 3.8) is 0 Å². The molecule has 94 valence electrons. The number of nitrogen functional groups attached to an aromatic ring is 1. The summed E-state index contributed by atoms with van der Waals surface area (Å²) >= 11 is 5.86. The summed E-state index contributed by atoms with van der Waals surface area (Å²) in [5.41, 5.74) is 7.26. The molecule has 6 heteroatoms. The van der Waals surface area contributed by atoms with Gasteiger partial charge in [0.1, 0.15) is 0 Å². The summed E-state index contributed by atoms with van der Waals surface area (Å²) < 4.78 is 0. The Labute approximate surface area is 106 Å². The van der Waals surface area contributed by atoms with Crippen molar-refractivity contribution in [2.45, 2.75) is 19.8 Å². The molecule has 0 aliphatic carbocycles. The molecule has 3 N–H and O–H groups in total. The Balaban J connectivity index is 2.27.